The van der Waals surface area contributed by atoms with Crippen LogP contribution in [0.1, 0.15) is 13.8 Å². The van der Waals surface area contributed by atoms with Gasteiger partial charge in [-0.3, -0.25) is 4.79 Å². The van der Waals surface area contributed by atoms with Crippen LogP contribution in [0.15, 0.2) is 79.5 Å². The number of anilines is 2. The zero-order chi connectivity index (χ0) is 31.1. The molecule has 44 heavy (non-hydrogen) atoms. The van der Waals surface area contributed by atoms with E-state index in [4.69, 9.17) is 4.74 Å². The van der Waals surface area contributed by atoms with Crippen LogP contribution in [-0.2, 0) is 16.6 Å². The quantitative estimate of drug-likeness (QED) is 0.207. The Balaban J connectivity index is 1.25. The summed E-state index contributed by atoms with van der Waals surface area (Å²) in [6, 6.07) is 11.7. The van der Waals surface area contributed by atoms with Gasteiger partial charge in [0.15, 0.2) is 23.2 Å². The van der Waals surface area contributed by atoms with Gasteiger partial charge in [-0.15, -0.1) is 4.90 Å². The van der Waals surface area contributed by atoms with Crippen LogP contribution in [0, 0.1) is 11.7 Å². The van der Waals surface area contributed by atoms with Crippen LogP contribution in [-0.4, -0.2) is 58.9 Å². The number of benzene rings is 2. The highest BCUT2D eigenvalue weighted by molar-refractivity contribution is 6.28. The third kappa shape index (κ3) is 5.26. The van der Waals surface area contributed by atoms with Crippen LogP contribution in [0.25, 0.3) is 16.8 Å². The van der Waals surface area contributed by atoms with Crippen LogP contribution >= 0.6 is 0 Å². The number of imidazole rings is 1. The van der Waals surface area contributed by atoms with Crippen LogP contribution < -0.4 is 15.0 Å². The first-order chi connectivity index (χ1) is 21.1. The van der Waals surface area contributed by atoms with Crippen molar-refractivity contribution in [1.29, 1.82) is 0 Å². The topological polar surface area (TPSA) is 134 Å². The first kappa shape index (κ1) is 28.3. The van der Waals surface area contributed by atoms with Crippen LogP contribution in [0.2, 0.25) is 0 Å². The zero-order valence-corrected chi connectivity index (χ0v) is 23.9. The number of nitrogens with one attached hydrogen (secondary N) is 1. The highest BCUT2D eigenvalue weighted by atomic mass is 19.1. The largest absolute Gasteiger partial charge is 0.505 e. The lowest BCUT2D eigenvalue weighted by Crippen LogP contribution is -2.55. The number of phenols is 1. The number of imide groups is 1. The van der Waals surface area contributed by atoms with Gasteiger partial charge in [0, 0.05) is 36.8 Å². The molecule has 1 atom stereocenters. The molecule has 4 heterocycles. The molecule has 1 unspecified atom stereocenters. The molecule has 0 spiro atoms. The number of urea groups is 1. The Morgan fingerprint density at radius 2 is 1.84 bits per heavy atom. The average molecular weight is 597 g/mol. The zero-order valence-electron chi connectivity index (χ0n) is 23.9. The maximum atomic E-state index is 13.5. The number of aromatic hydroxyl groups is 1. The van der Waals surface area contributed by atoms with Crippen LogP contribution in [0.4, 0.5) is 20.6 Å². The van der Waals surface area contributed by atoms with Gasteiger partial charge in [0.1, 0.15) is 17.0 Å². The predicted molar refractivity (Wildman–Crippen MR) is 158 cm³/mol. The first-order valence-corrected chi connectivity index (χ1v) is 13.6. The Morgan fingerprint density at radius 1 is 1.07 bits per heavy atom. The van der Waals surface area contributed by atoms with Crippen LogP contribution in [0.5, 0.6) is 17.2 Å². The van der Waals surface area contributed by atoms with Gasteiger partial charge in [0.2, 0.25) is 5.91 Å². The van der Waals surface area contributed by atoms with Gasteiger partial charge in [-0.2, -0.15) is 14.5 Å². The molecule has 1 aliphatic heterocycles. The second-order valence-corrected chi connectivity index (χ2v) is 10.5. The van der Waals surface area contributed by atoms with Crippen molar-refractivity contribution < 1.29 is 33.2 Å². The van der Waals surface area contributed by atoms with Gasteiger partial charge in [0.25, 0.3) is 0 Å². The van der Waals surface area contributed by atoms with E-state index in [0.29, 0.717) is 17.0 Å². The third-order valence-corrected chi connectivity index (χ3v) is 7.05. The van der Waals surface area contributed by atoms with Gasteiger partial charge in [-0.05, 0) is 62.4 Å². The molecule has 12 nitrogen and oxygen atoms in total. The number of fused-ring (bicyclic) bond motifs is 1. The minimum atomic E-state index is -1.37. The summed E-state index contributed by atoms with van der Waals surface area (Å²) in [6.07, 6.45) is 8.25. The number of rotatable bonds is 7. The number of aromatic nitrogens is 4. The molecule has 1 aliphatic rings. The van der Waals surface area contributed by atoms with E-state index in [1.54, 1.807) is 43.0 Å². The van der Waals surface area contributed by atoms with Crippen LogP contribution in [0.3, 0.4) is 0 Å². The highest BCUT2D eigenvalue weighted by Crippen LogP contribution is 2.36. The van der Waals surface area contributed by atoms with E-state index >= 15 is 0 Å². The molecule has 6 rings (SSSR count). The molecule has 5 aromatic rings. The number of hydrogen-bond donors (Lipinski definition) is 2. The molecular formula is C31H27FN7O5+. The monoisotopic (exact) mass is 596 g/mol. The predicted octanol–water partition coefficient (Wildman–Crippen LogP) is 4.59. The standard InChI is InChI=1S/C31H26FN7O5/c1-18(2)37-15-23(30(42)39(31(37)43)22-7-4-20(32)5-8-22)29(41)35-21-6-9-27(26(40)13-21)44-28-12-19(24-16-36(3)17-33-24)14-38-25(28)10-11-34-38/h4-18,23H,1-3H3,(H-,35,40,41)/p+1. The van der Waals surface area contributed by atoms with Gasteiger partial charge in [-0.1, -0.05) is 0 Å². The van der Waals surface area contributed by atoms with Gasteiger partial charge in [-0.25, -0.2) is 18.7 Å². The van der Waals surface area contributed by atoms with Crippen molar-refractivity contribution in [2.24, 2.45) is 13.0 Å². The summed E-state index contributed by atoms with van der Waals surface area (Å²) in [7, 11) is 1.86. The lowest BCUT2D eigenvalue weighted by atomic mass is 10.0. The van der Waals surface area contributed by atoms with Crippen molar-refractivity contribution in [2.45, 2.75) is 19.9 Å². The number of hydrogen-bond acceptors (Lipinski definition) is 7. The number of nitrogens with zero attached hydrogens (tertiary/aromatic N) is 6. The molecule has 222 valence electrons. The minimum absolute atomic E-state index is 0.114. The number of carbonyl (C=O) groups is 3. The molecule has 4 amide bonds. The van der Waals surface area contributed by atoms with Gasteiger partial charge in [0.05, 0.1) is 30.5 Å². The smallest absolute Gasteiger partial charge is 0.504 e. The molecule has 0 aliphatic carbocycles. The summed E-state index contributed by atoms with van der Waals surface area (Å²) in [5.41, 5.74) is 2.44. The van der Waals surface area contributed by atoms with Crippen molar-refractivity contribution >= 4 is 41.0 Å². The molecule has 0 fully saturated rings. The SMILES string of the molecule is CC(C)[N+]1=CC(C(=O)Nc2ccc(Oc3cc(-c4cn(C)cn4)cn4nccc34)c(O)c2)C(=O)N(c2ccc(F)cc2)C1=O. The fourth-order valence-electron chi connectivity index (χ4n) is 4.84. The number of aryl methyl sites for hydroxylation is 1. The van der Waals surface area contributed by atoms with E-state index in [9.17, 15) is 23.9 Å². The minimum Gasteiger partial charge on any atom is -0.504 e. The average Bonchev–Trinajstić information content (AvgIpc) is 3.64. The Hall–Kier alpha value is -5.85. The van der Waals surface area contributed by atoms with Crippen molar-refractivity contribution in [3.63, 3.8) is 0 Å². The number of ether oxygens (including phenoxy) is 1. The summed E-state index contributed by atoms with van der Waals surface area (Å²) < 4.78 is 24.3. The number of carbonyl (C=O) groups excluding carboxylic acids is 3. The Kier molecular flexibility index (Phi) is 7.13. The van der Waals surface area contributed by atoms with Crippen molar-refractivity contribution in [3.8, 4) is 28.5 Å². The molecule has 0 saturated heterocycles. The maximum absolute atomic E-state index is 13.5. The van der Waals surface area contributed by atoms with E-state index in [1.165, 1.54) is 41.1 Å². The first-order valence-electron chi connectivity index (χ1n) is 13.6. The second kappa shape index (κ2) is 11.1. The van der Waals surface area contributed by atoms with Gasteiger partial charge >= 0.3 is 11.9 Å². The van der Waals surface area contributed by atoms with Crippen molar-refractivity contribution in [3.05, 3.63) is 85.3 Å². The molecule has 13 heteroatoms. The second-order valence-electron chi connectivity index (χ2n) is 10.5. The number of amides is 4. The molecule has 0 bridgehead atoms. The lowest BCUT2D eigenvalue weighted by Gasteiger charge is -2.24. The van der Waals surface area contributed by atoms with E-state index in [2.05, 4.69) is 15.4 Å². The molecule has 2 aromatic carbocycles. The van der Waals surface area contributed by atoms with Crippen molar-refractivity contribution in [1.82, 2.24) is 19.2 Å². The summed E-state index contributed by atoms with van der Waals surface area (Å²) in [5, 5.41) is 17.8. The highest BCUT2D eigenvalue weighted by Gasteiger charge is 2.48. The fourth-order valence-corrected chi connectivity index (χ4v) is 4.84. The van der Waals surface area contributed by atoms with Crippen molar-refractivity contribution in [2.75, 3.05) is 10.2 Å². The van der Waals surface area contributed by atoms with E-state index in [1.807, 2.05) is 24.0 Å². The van der Waals surface area contributed by atoms with E-state index in [0.717, 1.165) is 22.6 Å². The number of phenolic OH excluding ortho intramolecular Hbond substituents is 1. The Morgan fingerprint density at radius 3 is 2.52 bits per heavy atom. The maximum Gasteiger partial charge on any atom is 0.505 e. The summed E-state index contributed by atoms with van der Waals surface area (Å²) in [5.74, 6) is -3.16. The van der Waals surface area contributed by atoms with Gasteiger partial charge < -0.3 is 19.7 Å². The Labute approximate surface area is 250 Å². The lowest BCUT2D eigenvalue weighted by molar-refractivity contribution is -0.459. The normalized spacial score (nSPS) is 15.2. The summed E-state index contributed by atoms with van der Waals surface area (Å²) >= 11 is 0. The molecule has 0 radical (unpaired) electrons. The van der Waals surface area contributed by atoms with E-state index in [-0.39, 0.29) is 28.9 Å². The summed E-state index contributed by atoms with van der Waals surface area (Å²) in [4.78, 5) is 45.1. The molecule has 0 saturated carbocycles. The third-order valence-electron chi connectivity index (χ3n) is 7.05. The van der Waals surface area contributed by atoms with E-state index < -0.39 is 29.6 Å². The Bertz CT molecular complexity index is 1960. The molecule has 3 aromatic heterocycles. The number of halogens is 1. The fraction of sp³-hybridized carbons (Fsp3) is 0.161. The molecular weight excluding hydrogens is 569 g/mol. The summed E-state index contributed by atoms with van der Waals surface area (Å²) in [6.45, 7) is 3.48. The number of pyridine rings is 1. The molecule has 2 N–H and O–H groups in total.